The first-order valence-corrected chi connectivity index (χ1v) is 7.89. The maximum absolute atomic E-state index is 12.2. The molecule has 0 saturated carbocycles. The molecule has 1 amide bonds. The Bertz CT molecular complexity index is 845. The van der Waals surface area contributed by atoms with Gasteiger partial charge in [0.15, 0.2) is 5.65 Å². The SMILES string of the molecule is COCCn1c(CNC(=O)c2ccc(Cl)cc2)nc2cccnc21. The summed E-state index contributed by atoms with van der Waals surface area (Å²) in [6.45, 7) is 1.47. The lowest BCUT2D eigenvalue weighted by molar-refractivity contribution is 0.0949. The Kier molecular flexibility index (Phi) is 5.08. The smallest absolute Gasteiger partial charge is 0.251 e. The van der Waals surface area contributed by atoms with E-state index < -0.39 is 0 Å². The van der Waals surface area contributed by atoms with Gasteiger partial charge in [-0.2, -0.15) is 0 Å². The predicted molar refractivity (Wildman–Crippen MR) is 92.0 cm³/mol. The van der Waals surface area contributed by atoms with E-state index in [1.54, 1.807) is 37.6 Å². The van der Waals surface area contributed by atoms with Crippen LogP contribution in [0.4, 0.5) is 0 Å². The Morgan fingerprint density at radius 2 is 2.08 bits per heavy atom. The van der Waals surface area contributed by atoms with Gasteiger partial charge in [0.25, 0.3) is 5.91 Å². The monoisotopic (exact) mass is 344 g/mol. The second-order valence-electron chi connectivity index (χ2n) is 5.21. The topological polar surface area (TPSA) is 69.0 Å². The molecular formula is C17H17ClN4O2. The van der Waals surface area contributed by atoms with Gasteiger partial charge in [-0.25, -0.2) is 9.97 Å². The van der Waals surface area contributed by atoms with Gasteiger partial charge in [-0.3, -0.25) is 4.79 Å². The Morgan fingerprint density at radius 3 is 2.83 bits per heavy atom. The van der Waals surface area contributed by atoms with E-state index in [0.717, 1.165) is 17.0 Å². The highest BCUT2D eigenvalue weighted by Crippen LogP contribution is 2.14. The highest BCUT2D eigenvalue weighted by atomic mass is 35.5. The quantitative estimate of drug-likeness (QED) is 0.746. The van der Waals surface area contributed by atoms with Crippen molar-refractivity contribution in [3.63, 3.8) is 0 Å². The van der Waals surface area contributed by atoms with Crippen molar-refractivity contribution in [2.45, 2.75) is 13.1 Å². The van der Waals surface area contributed by atoms with Crippen molar-refractivity contribution in [3.8, 4) is 0 Å². The van der Waals surface area contributed by atoms with Crippen molar-refractivity contribution in [2.24, 2.45) is 0 Å². The molecule has 0 atom stereocenters. The number of hydrogen-bond acceptors (Lipinski definition) is 4. The largest absolute Gasteiger partial charge is 0.383 e. The van der Waals surface area contributed by atoms with Crippen LogP contribution in [0.3, 0.4) is 0 Å². The van der Waals surface area contributed by atoms with Crippen molar-refractivity contribution in [1.29, 1.82) is 0 Å². The molecule has 124 valence electrons. The number of halogens is 1. The molecule has 7 heteroatoms. The van der Waals surface area contributed by atoms with E-state index >= 15 is 0 Å². The van der Waals surface area contributed by atoms with Crippen molar-refractivity contribution in [1.82, 2.24) is 19.9 Å². The minimum Gasteiger partial charge on any atom is -0.383 e. The van der Waals surface area contributed by atoms with Crippen molar-refractivity contribution >= 4 is 28.7 Å². The fourth-order valence-corrected chi connectivity index (χ4v) is 2.55. The van der Waals surface area contributed by atoms with Gasteiger partial charge in [0, 0.05) is 30.4 Å². The molecule has 0 aliphatic carbocycles. The summed E-state index contributed by atoms with van der Waals surface area (Å²) in [5.41, 5.74) is 2.13. The maximum Gasteiger partial charge on any atom is 0.251 e. The van der Waals surface area contributed by atoms with Gasteiger partial charge in [0.2, 0.25) is 0 Å². The lowest BCUT2D eigenvalue weighted by Gasteiger charge is -2.09. The van der Waals surface area contributed by atoms with Crippen LogP contribution in [0.25, 0.3) is 11.2 Å². The summed E-state index contributed by atoms with van der Waals surface area (Å²) in [5.74, 6) is 0.563. The number of fused-ring (bicyclic) bond motifs is 1. The number of imidazole rings is 1. The fourth-order valence-electron chi connectivity index (χ4n) is 2.42. The van der Waals surface area contributed by atoms with Crippen molar-refractivity contribution in [2.75, 3.05) is 13.7 Å². The lowest BCUT2D eigenvalue weighted by Crippen LogP contribution is -2.25. The number of pyridine rings is 1. The average Bonchev–Trinajstić information content (AvgIpc) is 2.96. The molecule has 0 spiro atoms. The Morgan fingerprint density at radius 1 is 1.29 bits per heavy atom. The number of rotatable bonds is 6. The van der Waals surface area contributed by atoms with E-state index in [4.69, 9.17) is 16.3 Å². The Hall–Kier alpha value is -2.44. The summed E-state index contributed by atoms with van der Waals surface area (Å²) in [5, 5.41) is 3.47. The van der Waals surface area contributed by atoms with E-state index in [9.17, 15) is 4.79 Å². The van der Waals surface area contributed by atoms with Crippen LogP contribution in [-0.2, 0) is 17.8 Å². The zero-order chi connectivity index (χ0) is 16.9. The Labute approximate surface area is 144 Å². The van der Waals surface area contributed by atoms with E-state index in [2.05, 4.69) is 15.3 Å². The molecule has 1 N–H and O–H groups in total. The molecule has 0 aliphatic rings. The van der Waals surface area contributed by atoms with E-state index in [0.29, 0.717) is 30.3 Å². The highest BCUT2D eigenvalue weighted by Gasteiger charge is 2.13. The summed E-state index contributed by atoms with van der Waals surface area (Å²) < 4.78 is 7.11. The number of aromatic nitrogens is 3. The Balaban J connectivity index is 1.78. The summed E-state index contributed by atoms with van der Waals surface area (Å²) in [6.07, 6.45) is 1.73. The third kappa shape index (κ3) is 3.55. The van der Waals surface area contributed by atoms with Gasteiger partial charge in [-0.05, 0) is 36.4 Å². The normalized spacial score (nSPS) is 10.9. The lowest BCUT2D eigenvalue weighted by atomic mass is 10.2. The van der Waals surface area contributed by atoms with Crippen LogP contribution in [0.1, 0.15) is 16.2 Å². The predicted octanol–water partition coefficient (Wildman–Crippen LogP) is 2.66. The number of nitrogens with zero attached hydrogens (tertiary/aromatic N) is 3. The minimum absolute atomic E-state index is 0.176. The molecule has 1 aromatic carbocycles. The standard InChI is InChI=1S/C17H17ClN4O2/c1-24-10-9-22-15(21-14-3-2-8-19-16(14)22)11-20-17(23)12-4-6-13(18)7-5-12/h2-8H,9-11H2,1H3,(H,20,23). The number of hydrogen-bond donors (Lipinski definition) is 1. The van der Waals surface area contributed by atoms with Crippen LogP contribution >= 0.6 is 11.6 Å². The molecular weight excluding hydrogens is 328 g/mol. The van der Waals surface area contributed by atoms with E-state index in [1.807, 2.05) is 16.7 Å². The van der Waals surface area contributed by atoms with Gasteiger partial charge in [-0.15, -0.1) is 0 Å². The first-order valence-electron chi connectivity index (χ1n) is 7.52. The zero-order valence-electron chi connectivity index (χ0n) is 13.2. The summed E-state index contributed by atoms with van der Waals surface area (Å²) in [4.78, 5) is 21.2. The highest BCUT2D eigenvalue weighted by molar-refractivity contribution is 6.30. The van der Waals surface area contributed by atoms with Gasteiger partial charge in [0.05, 0.1) is 13.2 Å². The summed E-state index contributed by atoms with van der Waals surface area (Å²) in [6, 6.07) is 10.5. The third-order valence-electron chi connectivity index (χ3n) is 3.62. The number of ether oxygens (including phenoxy) is 1. The van der Waals surface area contributed by atoms with Crippen LogP contribution in [0, 0.1) is 0 Å². The molecule has 2 heterocycles. The van der Waals surface area contributed by atoms with E-state index in [-0.39, 0.29) is 5.91 Å². The van der Waals surface area contributed by atoms with Gasteiger partial charge in [0.1, 0.15) is 11.3 Å². The number of nitrogens with one attached hydrogen (secondary N) is 1. The first-order chi connectivity index (χ1) is 11.7. The fraction of sp³-hybridized carbons (Fsp3) is 0.235. The van der Waals surface area contributed by atoms with Crippen LogP contribution < -0.4 is 5.32 Å². The molecule has 0 radical (unpaired) electrons. The second kappa shape index (κ2) is 7.42. The molecule has 6 nitrogen and oxygen atoms in total. The first kappa shape index (κ1) is 16.4. The van der Waals surface area contributed by atoms with E-state index in [1.165, 1.54) is 0 Å². The summed E-state index contributed by atoms with van der Waals surface area (Å²) in [7, 11) is 1.65. The van der Waals surface area contributed by atoms with Gasteiger partial charge in [-0.1, -0.05) is 11.6 Å². The van der Waals surface area contributed by atoms with Crippen molar-refractivity contribution in [3.05, 3.63) is 59.0 Å². The van der Waals surface area contributed by atoms with Gasteiger partial charge < -0.3 is 14.6 Å². The molecule has 24 heavy (non-hydrogen) atoms. The molecule has 2 aromatic heterocycles. The van der Waals surface area contributed by atoms with Crippen LogP contribution in [0.2, 0.25) is 5.02 Å². The number of methoxy groups -OCH3 is 1. The minimum atomic E-state index is -0.176. The van der Waals surface area contributed by atoms with Crippen LogP contribution in [-0.4, -0.2) is 34.2 Å². The molecule has 0 fully saturated rings. The van der Waals surface area contributed by atoms with Crippen LogP contribution in [0.5, 0.6) is 0 Å². The summed E-state index contributed by atoms with van der Waals surface area (Å²) >= 11 is 5.84. The second-order valence-corrected chi connectivity index (χ2v) is 5.64. The molecule has 3 rings (SSSR count). The maximum atomic E-state index is 12.2. The molecule has 0 unspecified atom stereocenters. The molecule has 0 saturated heterocycles. The number of carbonyl (C=O) groups is 1. The number of amides is 1. The van der Waals surface area contributed by atoms with Crippen molar-refractivity contribution < 1.29 is 9.53 Å². The van der Waals surface area contributed by atoms with Gasteiger partial charge >= 0.3 is 0 Å². The number of benzene rings is 1. The number of carbonyl (C=O) groups excluding carboxylic acids is 1. The average molecular weight is 345 g/mol. The zero-order valence-corrected chi connectivity index (χ0v) is 14.0. The molecule has 3 aromatic rings. The van der Waals surface area contributed by atoms with Crippen LogP contribution in [0.15, 0.2) is 42.6 Å². The molecule has 0 aliphatic heterocycles. The molecule has 0 bridgehead atoms. The third-order valence-corrected chi connectivity index (χ3v) is 3.87.